The maximum absolute atomic E-state index is 11.0. The molecule has 0 bridgehead atoms. The minimum atomic E-state index is -3.70. The lowest BCUT2D eigenvalue weighted by Crippen LogP contribution is -2.50. The quantitative estimate of drug-likeness (QED) is 0.267. The lowest BCUT2D eigenvalue weighted by molar-refractivity contribution is 0.0780. The van der Waals surface area contributed by atoms with Gasteiger partial charge in [0.15, 0.2) is 11.5 Å². The van der Waals surface area contributed by atoms with E-state index in [1.807, 2.05) is 0 Å². The molecule has 1 aromatic heterocycles. The van der Waals surface area contributed by atoms with Crippen molar-refractivity contribution in [2.45, 2.75) is 49.1 Å². The van der Waals surface area contributed by atoms with Gasteiger partial charge in [-0.3, -0.25) is 9.89 Å². The third-order valence-electron chi connectivity index (χ3n) is 10.1. The molecule has 1 saturated carbocycles. The van der Waals surface area contributed by atoms with Crippen LogP contribution in [0.1, 0.15) is 59.7 Å². The van der Waals surface area contributed by atoms with Crippen LogP contribution in [0.3, 0.4) is 0 Å². The molecular formula is C38H47N7O4S. The molecule has 2 aliphatic heterocycles. The first-order chi connectivity index (χ1) is 24.1. The van der Waals surface area contributed by atoms with Crippen LogP contribution in [0.25, 0.3) is 0 Å². The molecule has 2 fully saturated rings. The van der Waals surface area contributed by atoms with Gasteiger partial charge in [0, 0.05) is 43.9 Å². The fraction of sp³-hybridized carbons (Fsp3) is 0.395. The number of primary sulfonamides is 1. The number of hydrogen-bond acceptors (Lipinski definition) is 10. The van der Waals surface area contributed by atoms with Gasteiger partial charge in [0.05, 0.1) is 42.1 Å². The van der Waals surface area contributed by atoms with Crippen molar-refractivity contribution in [1.29, 1.82) is 0 Å². The number of sulfonamides is 1. The van der Waals surface area contributed by atoms with Crippen LogP contribution in [0.15, 0.2) is 89.0 Å². The summed E-state index contributed by atoms with van der Waals surface area (Å²) in [4.78, 5) is 19.5. The van der Waals surface area contributed by atoms with Gasteiger partial charge >= 0.3 is 0 Å². The number of ether oxygens (including phenoxy) is 2. The zero-order valence-corrected chi connectivity index (χ0v) is 29.9. The molecule has 3 aromatic carbocycles. The number of nitrogens with two attached hydrogens (primary N) is 2. The van der Waals surface area contributed by atoms with Crippen molar-refractivity contribution >= 4 is 21.6 Å². The Bertz CT molecular complexity index is 1890. The Morgan fingerprint density at radius 2 is 1.48 bits per heavy atom. The van der Waals surface area contributed by atoms with Crippen LogP contribution in [0.2, 0.25) is 0 Å². The fourth-order valence-corrected chi connectivity index (χ4v) is 7.80. The monoisotopic (exact) mass is 697 g/mol. The number of rotatable bonds is 8. The van der Waals surface area contributed by atoms with Gasteiger partial charge in [0.25, 0.3) is 0 Å². The second kappa shape index (κ2) is 15.7. The third kappa shape index (κ3) is 8.15. The van der Waals surface area contributed by atoms with E-state index in [9.17, 15) is 8.42 Å². The number of aromatic nitrogens is 2. The number of hydrogen-bond donors (Lipinski definition) is 2. The molecule has 264 valence electrons. The first-order valence-corrected chi connectivity index (χ1v) is 18.7. The Balaban J connectivity index is 0.000000261. The molecule has 3 heterocycles. The summed E-state index contributed by atoms with van der Waals surface area (Å²) in [5, 5.41) is 4.95. The van der Waals surface area contributed by atoms with Crippen LogP contribution in [0, 0.1) is 5.92 Å². The predicted octanol–water partition coefficient (Wildman–Crippen LogP) is 4.70. The molecule has 12 heteroatoms. The number of fused-ring (bicyclic) bond motifs is 1. The van der Waals surface area contributed by atoms with E-state index in [4.69, 9.17) is 30.3 Å². The summed E-state index contributed by atoms with van der Waals surface area (Å²) in [7, 11) is 1.42. The van der Waals surface area contributed by atoms with Gasteiger partial charge in [0.1, 0.15) is 12.1 Å². The first kappa shape index (κ1) is 35.5. The fourth-order valence-electron chi connectivity index (χ4n) is 7.27. The molecule has 3 aliphatic rings. The van der Waals surface area contributed by atoms with Gasteiger partial charge in [-0.25, -0.2) is 23.5 Å². The molecule has 4 N–H and O–H groups in total. The van der Waals surface area contributed by atoms with Crippen molar-refractivity contribution < 1.29 is 17.9 Å². The maximum Gasteiger partial charge on any atom is 0.238 e. The highest BCUT2D eigenvalue weighted by Gasteiger charge is 2.38. The summed E-state index contributed by atoms with van der Waals surface area (Å²) in [6.07, 6.45) is 7.42. The Kier molecular flexibility index (Phi) is 11.1. The molecule has 7 rings (SSSR count). The molecule has 1 atom stereocenters. The zero-order valence-electron chi connectivity index (χ0n) is 29.0. The summed E-state index contributed by atoms with van der Waals surface area (Å²) in [6, 6.07) is 24.3. The van der Waals surface area contributed by atoms with Gasteiger partial charge in [-0.05, 0) is 68.3 Å². The number of benzene rings is 3. The van der Waals surface area contributed by atoms with E-state index >= 15 is 0 Å². The topological polar surface area (TPSA) is 149 Å². The van der Waals surface area contributed by atoms with Crippen molar-refractivity contribution in [1.82, 2.24) is 19.8 Å². The molecule has 0 amide bonds. The van der Waals surface area contributed by atoms with Crippen LogP contribution in [-0.4, -0.2) is 87.4 Å². The van der Waals surface area contributed by atoms with Crippen LogP contribution in [0.5, 0.6) is 11.5 Å². The zero-order chi connectivity index (χ0) is 35.3. The molecule has 11 nitrogen and oxygen atoms in total. The summed E-state index contributed by atoms with van der Waals surface area (Å²) in [5.41, 5.74) is 13.0. The molecule has 0 spiro atoms. The smallest absolute Gasteiger partial charge is 0.238 e. The number of anilines is 1. The maximum atomic E-state index is 11.0. The molecule has 1 aliphatic carbocycles. The molecule has 50 heavy (non-hydrogen) atoms. The average molecular weight is 698 g/mol. The van der Waals surface area contributed by atoms with Gasteiger partial charge in [-0.1, -0.05) is 54.6 Å². The Morgan fingerprint density at radius 3 is 2.12 bits per heavy atom. The minimum absolute atomic E-state index is 0.00449. The second-order valence-corrected chi connectivity index (χ2v) is 14.8. The van der Waals surface area contributed by atoms with E-state index in [1.165, 1.54) is 95.4 Å². The predicted molar refractivity (Wildman–Crippen MR) is 196 cm³/mol. The van der Waals surface area contributed by atoms with E-state index in [0.29, 0.717) is 29.3 Å². The highest BCUT2D eigenvalue weighted by Crippen LogP contribution is 2.44. The van der Waals surface area contributed by atoms with Crippen molar-refractivity contribution in [3.8, 4) is 11.5 Å². The SMILES string of the molecule is CN1CCN(C2CCC(C3N=C(c4ccc(Cc5ccccc5)cc4)c4c(N)ncnc43)CC2)CC1.COc1ccc(S(N)(=O)=O)cc1OC. The van der Waals surface area contributed by atoms with Crippen LogP contribution < -0.4 is 20.3 Å². The molecular weight excluding hydrogens is 651 g/mol. The van der Waals surface area contributed by atoms with E-state index in [1.54, 1.807) is 6.33 Å². The average Bonchev–Trinajstić information content (AvgIpc) is 3.53. The number of nitrogen functional groups attached to an aromatic ring is 1. The standard InChI is InChI=1S/C30H36N6.C8H11NO4S/c1-35-15-17-36(18-16-35)25-13-11-24(12-14-25)28-29-26(30(31)33-20-32-29)27(34-28)23-9-7-22(8-10-23)19-21-5-3-2-4-6-21;1-12-7-4-3-6(14(9,10)11)5-8(7)13-2/h2-10,20,24-25,28H,11-19H2,1H3,(H2,31,32,33);3-5H,1-2H3,(H2,9,10,11). The molecule has 1 unspecified atom stereocenters. The van der Waals surface area contributed by atoms with Gasteiger partial charge in [0.2, 0.25) is 10.0 Å². The van der Waals surface area contributed by atoms with Gasteiger partial charge < -0.3 is 20.1 Å². The van der Waals surface area contributed by atoms with Crippen LogP contribution in [-0.2, 0) is 16.4 Å². The number of nitrogens with zero attached hydrogens (tertiary/aromatic N) is 5. The molecule has 0 radical (unpaired) electrons. The van der Waals surface area contributed by atoms with Crippen LogP contribution >= 0.6 is 0 Å². The second-order valence-electron chi connectivity index (χ2n) is 13.3. The van der Waals surface area contributed by atoms with Crippen molar-refractivity contribution in [2.24, 2.45) is 16.0 Å². The summed E-state index contributed by atoms with van der Waals surface area (Å²) < 4.78 is 31.8. The van der Waals surface area contributed by atoms with E-state index < -0.39 is 10.0 Å². The lowest BCUT2D eigenvalue weighted by atomic mass is 9.80. The van der Waals surface area contributed by atoms with E-state index in [2.05, 4.69) is 76.4 Å². The van der Waals surface area contributed by atoms with Gasteiger partial charge in [-0.2, -0.15) is 0 Å². The Morgan fingerprint density at radius 1 is 0.820 bits per heavy atom. The lowest BCUT2D eigenvalue weighted by Gasteiger charge is -2.41. The Labute approximate surface area is 295 Å². The first-order valence-electron chi connectivity index (χ1n) is 17.1. The summed E-state index contributed by atoms with van der Waals surface area (Å²) >= 11 is 0. The summed E-state index contributed by atoms with van der Waals surface area (Å²) in [5.74, 6) is 1.84. The summed E-state index contributed by atoms with van der Waals surface area (Å²) in [6.45, 7) is 4.77. The van der Waals surface area contributed by atoms with Crippen molar-refractivity contribution in [3.05, 3.63) is 107 Å². The largest absolute Gasteiger partial charge is 0.493 e. The third-order valence-corrected chi connectivity index (χ3v) is 11.0. The normalized spacial score (nSPS) is 21.0. The highest BCUT2D eigenvalue weighted by molar-refractivity contribution is 7.89. The van der Waals surface area contributed by atoms with E-state index in [-0.39, 0.29) is 10.9 Å². The minimum Gasteiger partial charge on any atom is -0.493 e. The van der Waals surface area contributed by atoms with Gasteiger partial charge in [-0.15, -0.1) is 0 Å². The van der Waals surface area contributed by atoms with Crippen molar-refractivity contribution in [2.75, 3.05) is 53.2 Å². The number of methoxy groups -OCH3 is 2. The Hall–Kier alpha value is -4.36. The van der Waals surface area contributed by atoms with Crippen LogP contribution in [0.4, 0.5) is 5.82 Å². The molecule has 1 saturated heterocycles. The van der Waals surface area contributed by atoms with E-state index in [0.717, 1.165) is 29.0 Å². The number of likely N-dealkylation sites (N-methyl/N-ethyl adjacent to an activating group) is 1. The number of aliphatic imine (C=N–C) groups is 1. The molecule has 4 aromatic rings. The van der Waals surface area contributed by atoms with Crippen molar-refractivity contribution in [3.63, 3.8) is 0 Å². The highest BCUT2D eigenvalue weighted by atomic mass is 32.2. The number of piperazine rings is 1.